The molecule has 0 aliphatic carbocycles. The fraction of sp³-hybridized carbons (Fsp3) is 0.200. The molecule has 0 aromatic heterocycles. The highest BCUT2D eigenvalue weighted by molar-refractivity contribution is 9.10. The van der Waals surface area contributed by atoms with Crippen molar-refractivity contribution in [3.05, 3.63) is 67.9 Å². The van der Waals surface area contributed by atoms with Crippen molar-refractivity contribution < 1.29 is 9.50 Å². The zero-order chi connectivity index (χ0) is 14.9. The molecule has 1 atom stereocenters. The molecule has 0 heterocycles. The predicted molar refractivity (Wildman–Crippen MR) is 83.8 cm³/mol. The van der Waals surface area contributed by atoms with E-state index in [9.17, 15) is 9.50 Å². The summed E-state index contributed by atoms with van der Waals surface area (Å²) in [7, 11) is 0. The zero-order valence-corrected chi connectivity index (χ0v) is 13.7. The fourth-order valence-electron chi connectivity index (χ4n) is 2.07. The molecule has 0 fully saturated rings. The monoisotopic (exact) mass is 376 g/mol. The van der Waals surface area contributed by atoms with Gasteiger partial charge in [0.15, 0.2) is 0 Å². The number of hydrogen-bond donors (Lipinski definition) is 1. The molecule has 5 heteroatoms. The van der Waals surface area contributed by atoms with Crippen LogP contribution in [0.1, 0.15) is 18.1 Å². The highest BCUT2D eigenvalue weighted by Crippen LogP contribution is 2.34. The quantitative estimate of drug-likeness (QED) is 0.764. The number of hydrogen-bond acceptors (Lipinski definition) is 1. The van der Waals surface area contributed by atoms with E-state index in [1.807, 2.05) is 0 Å². The molecule has 106 valence electrons. The van der Waals surface area contributed by atoms with E-state index < -0.39 is 5.60 Å². The van der Waals surface area contributed by atoms with E-state index in [2.05, 4.69) is 15.9 Å². The third-order valence-corrected chi connectivity index (χ3v) is 4.23. The van der Waals surface area contributed by atoms with Gasteiger partial charge >= 0.3 is 0 Å². The number of benzene rings is 2. The number of rotatable bonds is 3. The van der Waals surface area contributed by atoms with Crippen LogP contribution in [0.4, 0.5) is 4.39 Å². The van der Waals surface area contributed by atoms with Gasteiger partial charge in [0.25, 0.3) is 0 Å². The molecule has 0 saturated carbocycles. The van der Waals surface area contributed by atoms with Gasteiger partial charge in [-0.2, -0.15) is 0 Å². The SMILES string of the molecule is CC(O)(Cc1cc(F)ccc1Cl)c1ccc(Br)cc1Cl. The highest BCUT2D eigenvalue weighted by atomic mass is 79.9. The van der Waals surface area contributed by atoms with Gasteiger partial charge in [-0.05, 0) is 42.8 Å². The lowest BCUT2D eigenvalue weighted by atomic mass is 9.89. The third-order valence-electron chi connectivity index (χ3n) is 3.05. The summed E-state index contributed by atoms with van der Waals surface area (Å²) >= 11 is 15.5. The van der Waals surface area contributed by atoms with E-state index in [-0.39, 0.29) is 12.2 Å². The molecule has 1 unspecified atom stereocenters. The first-order valence-corrected chi connectivity index (χ1v) is 7.46. The van der Waals surface area contributed by atoms with Gasteiger partial charge in [0.1, 0.15) is 5.82 Å². The predicted octanol–water partition coefficient (Wildman–Crippen LogP) is 5.35. The summed E-state index contributed by atoms with van der Waals surface area (Å²) in [6.07, 6.45) is 0.172. The van der Waals surface area contributed by atoms with E-state index >= 15 is 0 Å². The lowest BCUT2D eigenvalue weighted by molar-refractivity contribution is 0.0577. The van der Waals surface area contributed by atoms with Crippen molar-refractivity contribution in [2.75, 3.05) is 0 Å². The lowest BCUT2D eigenvalue weighted by Gasteiger charge is -2.25. The minimum Gasteiger partial charge on any atom is -0.385 e. The molecule has 2 aromatic rings. The van der Waals surface area contributed by atoms with Crippen LogP contribution in [0, 0.1) is 5.82 Å². The molecule has 0 bridgehead atoms. The van der Waals surface area contributed by atoms with Crippen molar-refractivity contribution in [3.8, 4) is 0 Å². The standard InChI is InChI=1S/C15H12BrCl2FO/c1-15(20,12-4-2-10(16)7-14(12)18)8-9-6-11(19)3-5-13(9)17/h2-7,20H,8H2,1H3. The van der Waals surface area contributed by atoms with Gasteiger partial charge in [-0.3, -0.25) is 0 Å². The van der Waals surface area contributed by atoms with Crippen molar-refractivity contribution in [1.29, 1.82) is 0 Å². The summed E-state index contributed by atoms with van der Waals surface area (Å²) in [4.78, 5) is 0. The lowest BCUT2D eigenvalue weighted by Crippen LogP contribution is -2.25. The molecule has 0 amide bonds. The van der Waals surface area contributed by atoms with Crippen LogP contribution < -0.4 is 0 Å². The van der Waals surface area contributed by atoms with Gasteiger partial charge < -0.3 is 5.11 Å². The van der Waals surface area contributed by atoms with Gasteiger partial charge in [0, 0.05) is 26.5 Å². The Bertz CT molecular complexity index is 644. The first-order chi connectivity index (χ1) is 9.29. The molecule has 1 nitrogen and oxygen atoms in total. The summed E-state index contributed by atoms with van der Waals surface area (Å²) in [5, 5.41) is 11.5. The van der Waals surface area contributed by atoms with Crippen molar-refractivity contribution in [3.63, 3.8) is 0 Å². The Labute approximate surface area is 135 Å². The molecule has 1 N–H and O–H groups in total. The summed E-state index contributed by atoms with van der Waals surface area (Å²) in [6.45, 7) is 1.63. The largest absolute Gasteiger partial charge is 0.385 e. The Morgan fingerprint density at radius 2 is 1.85 bits per heavy atom. The van der Waals surface area contributed by atoms with Crippen LogP contribution in [0.15, 0.2) is 40.9 Å². The Morgan fingerprint density at radius 3 is 2.50 bits per heavy atom. The molecular weight excluding hydrogens is 366 g/mol. The molecule has 2 rings (SSSR count). The van der Waals surface area contributed by atoms with Gasteiger partial charge in [-0.25, -0.2) is 4.39 Å². The van der Waals surface area contributed by atoms with Gasteiger partial charge in [-0.15, -0.1) is 0 Å². The van der Waals surface area contributed by atoms with Crippen molar-refractivity contribution in [1.82, 2.24) is 0 Å². The van der Waals surface area contributed by atoms with Crippen LogP contribution in [0.5, 0.6) is 0 Å². The Morgan fingerprint density at radius 1 is 1.15 bits per heavy atom. The second kappa shape index (κ2) is 6.02. The Hall–Kier alpha value is -0.610. The van der Waals surface area contributed by atoms with Crippen LogP contribution in [-0.2, 0) is 12.0 Å². The van der Waals surface area contributed by atoms with Gasteiger partial charge in [0.05, 0.1) is 5.60 Å². The third kappa shape index (κ3) is 3.53. The molecular formula is C15H12BrCl2FO. The summed E-state index contributed by atoms with van der Waals surface area (Å²) in [6, 6.07) is 9.32. The van der Waals surface area contributed by atoms with E-state index in [1.165, 1.54) is 18.2 Å². The van der Waals surface area contributed by atoms with E-state index in [0.29, 0.717) is 21.2 Å². The van der Waals surface area contributed by atoms with Crippen molar-refractivity contribution in [2.45, 2.75) is 18.9 Å². The molecule has 0 radical (unpaired) electrons. The first-order valence-electron chi connectivity index (χ1n) is 5.91. The van der Waals surface area contributed by atoms with Crippen LogP contribution in [0.25, 0.3) is 0 Å². The minimum absolute atomic E-state index is 0.172. The molecule has 0 saturated heterocycles. The maximum atomic E-state index is 13.3. The maximum Gasteiger partial charge on any atom is 0.123 e. The minimum atomic E-state index is -1.24. The summed E-state index contributed by atoms with van der Waals surface area (Å²) < 4.78 is 14.1. The maximum absolute atomic E-state index is 13.3. The van der Waals surface area contributed by atoms with Crippen LogP contribution in [0.2, 0.25) is 10.0 Å². The molecule has 0 aliphatic heterocycles. The number of aliphatic hydroxyl groups is 1. The van der Waals surface area contributed by atoms with Crippen LogP contribution in [-0.4, -0.2) is 5.11 Å². The first kappa shape index (κ1) is 15.8. The van der Waals surface area contributed by atoms with Crippen molar-refractivity contribution in [2.24, 2.45) is 0 Å². The average molecular weight is 378 g/mol. The smallest absolute Gasteiger partial charge is 0.123 e. The Balaban J connectivity index is 2.37. The summed E-state index contributed by atoms with van der Waals surface area (Å²) in [5.41, 5.74) is -0.131. The Kier molecular flexibility index (Phi) is 4.75. The average Bonchev–Trinajstić information content (AvgIpc) is 2.33. The molecule has 20 heavy (non-hydrogen) atoms. The van der Waals surface area contributed by atoms with Gasteiger partial charge in [0.2, 0.25) is 0 Å². The zero-order valence-electron chi connectivity index (χ0n) is 10.6. The van der Waals surface area contributed by atoms with E-state index in [4.69, 9.17) is 23.2 Å². The topological polar surface area (TPSA) is 20.2 Å². The molecule has 0 spiro atoms. The second-order valence-electron chi connectivity index (χ2n) is 4.81. The fourth-order valence-corrected chi connectivity index (χ4v) is 3.13. The van der Waals surface area contributed by atoms with Crippen molar-refractivity contribution >= 4 is 39.1 Å². The second-order valence-corrected chi connectivity index (χ2v) is 6.54. The molecule has 0 aliphatic rings. The number of halogens is 4. The highest BCUT2D eigenvalue weighted by Gasteiger charge is 2.27. The van der Waals surface area contributed by atoms with Crippen LogP contribution in [0.3, 0.4) is 0 Å². The van der Waals surface area contributed by atoms with E-state index in [0.717, 1.165) is 4.47 Å². The summed E-state index contributed by atoms with van der Waals surface area (Å²) in [5.74, 6) is -0.387. The van der Waals surface area contributed by atoms with Gasteiger partial charge in [-0.1, -0.05) is 45.2 Å². The normalized spacial score (nSPS) is 14.1. The molecule has 2 aromatic carbocycles. The van der Waals surface area contributed by atoms with E-state index in [1.54, 1.807) is 25.1 Å². The van der Waals surface area contributed by atoms with Crippen LogP contribution >= 0.6 is 39.1 Å².